The molecule has 11 rings (SSSR count). The molecular formula is C50H33N7. The molecule has 7 heteroatoms. The summed E-state index contributed by atoms with van der Waals surface area (Å²) in [6, 6.07) is 65.4. The third-order valence-electron chi connectivity index (χ3n) is 10.6. The number of rotatable bonds is 7. The van der Waals surface area contributed by atoms with E-state index in [-0.39, 0.29) is 0 Å². The van der Waals surface area contributed by atoms with Crippen LogP contribution in [-0.4, -0.2) is 33.6 Å². The van der Waals surface area contributed by atoms with Gasteiger partial charge in [-0.2, -0.15) is 0 Å². The van der Waals surface area contributed by atoms with E-state index < -0.39 is 0 Å². The van der Waals surface area contributed by atoms with Crippen molar-refractivity contribution in [2.75, 3.05) is 0 Å². The van der Waals surface area contributed by atoms with E-state index in [1.54, 1.807) is 0 Å². The molecule has 7 aromatic carbocycles. The summed E-state index contributed by atoms with van der Waals surface area (Å²) in [5.41, 5.74) is 13.9. The van der Waals surface area contributed by atoms with Crippen molar-refractivity contribution in [1.29, 1.82) is 0 Å². The van der Waals surface area contributed by atoms with Crippen LogP contribution in [-0.2, 0) is 0 Å². The van der Waals surface area contributed by atoms with Crippen molar-refractivity contribution >= 4 is 33.1 Å². The molecule has 0 aliphatic rings. The first kappa shape index (κ1) is 32.5. The predicted octanol–water partition coefficient (Wildman–Crippen LogP) is 11.8. The monoisotopic (exact) mass is 731 g/mol. The van der Waals surface area contributed by atoms with Gasteiger partial charge in [-0.1, -0.05) is 115 Å². The molecule has 0 aliphatic carbocycles. The van der Waals surface area contributed by atoms with Crippen LogP contribution in [0.15, 0.2) is 200 Å². The fourth-order valence-corrected chi connectivity index (χ4v) is 8.02. The summed E-state index contributed by atoms with van der Waals surface area (Å²) in [6.45, 7) is 0. The second-order valence-corrected chi connectivity index (χ2v) is 14.0. The third-order valence-corrected chi connectivity index (χ3v) is 10.6. The molecule has 4 aromatic heterocycles. The summed E-state index contributed by atoms with van der Waals surface area (Å²) >= 11 is 0. The first-order chi connectivity index (χ1) is 28.3. The summed E-state index contributed by atoms with van der Waals surface area (Å²) in [6.07, 6.45) is 3.64. The van der Waals surface area contributed by atoms with E-state index in [1.165, 1.54) is 0 Å². The lowest BCUT2D eigenvalue weighted by Crippen LogP contribution is -2.04. The van der Waals surface area contributed by atoms with Crippen LogP contribution in [0.2, 0.25) is 0 Å². The van der Waals surface area contributed by atoms with Gasteiger partial charge in [0, 0.05) is 34.6 Å². The first-order valence-corrected chi connectivity index (χ1v) is 19.0. The van der Waals surface area contributed by atoms with Crippen molar-refractivity contribution in [1.82, 2.24) is 33.6 Å². The Hall–Kier alpha value is -7.90. The number of nitrogens with zero attached hydrogens (tertiary/aromatic N) is 7. The first-order valence-electron chi connectivity index (χ1n) is 19.0. The molecule has 4 heterocycles. The maximum absolute atomic E-state index is 5.23. The van der Waals surface area contributed by atoms with E-state index in [0.717, 1.165) is 95.5 Å². The van der Waals surface area contributed by atoms with Crippen LogP contribution in [0.3, 0.4) is 0 Å². The van der Waals surface area contributed by atoms with Gasteiger partial charge in [-0.25, -0.2) is 15.0 Å². The summed E-state index contributed by atoms with van der Waals surface area (Å²) in [5, 5.41) is 0. The van der Waals surface area contributed by atoms with Crippen LogP contribution in [0, 0.1) is 0 Å². The normalized spacial score (nSPS) is 11.5. The van der Waals surface area contributed by atoms with Gasteiger partial charge in [-0.3, -0.25) is 18.7 Å². The van der Waals surface area contributed by atoms with E-state index in [2.05, 4.69) is 164 Å². The topological polar surface area (TPSA) is 66.3 Å². The zero-order chi connectivity index (χ0) is 37.7. The average molecular weight is 732 g/mol. The van der Waals surface area contributed by atoms with Crippen LogP contribution in [0.4, 0.5) is 0 Å². The lowest BCUT2D eigenvalue weighted by Gasteiger charge is -2.19. The minimum absolute atomic E-state index is 0.834. The lowest BCUT2D eigenvalue weighted by atomic mass is 10.0. The maximum Gasteiger partial charge on any atom is 0.145 e. The Kier molecular flexibility index (Phi) is 7.67. The molecule has 11 aromatic rings. The number of pyridine rings is 1. The second-order valence-electron chi connectivity index (χ2n) is 14.0. The number of aromatic nitrogens is 7. The lowest BCUT2D eigenvalue weighted by molar-refractivity contribution is 1.06. The van der Waals surface area contributed by atoms with E-state index >= 15 is 0 Å². The highest BCUT2D eigenvalue weighted by Gasteiger charge is 2.22. The molecule has 0 radical (unpaired) electrons. The number of hydrogen-bond acceptors (Lipinski definition) is 4. The second kappa shape index (κ2) is 13.4. The van der Waals surface area contributed by atoms with Gasteiger partial charge >= 0.3 is 0 Å². The van der Waals surface area contributed by atoms with Crippen LogP contribution in [0.5, 0.6) is 0 Å². The molecule has 7 nitrogen and oxygen atoms in total. The van der Waals surface area contributed by atoms with Gasteiger partial charge in [0.1, 0.15) is 17.5 Å². The number of fused-ring (bicyclic) bond motifs is 3. The van der Waals surface area contributed by atoms with Crippen molar-refractivity contribution in [3.05, 3.63) is 200 Å². The highest BCUT2D eigenvalue weighted by molar-refractivity contribution is 5.90. The number of para-hydroxylation sites is 7. The van der Waals surface area contributed by atoms with Crippen molar-refractivity contribution in [2.45, 2.75) is 0 Å². The van der Waals surface area contributed by atoms with E-state index in [0.29, 0.717) is 0 Å². The largest absolute Gasteiger partial charge is 0.292 e. The van der Waals surface area contributed by atoms with Crippen molar-refractivity contribution in [3.63, 3.8) is 0 Å². The Bertz CT molecular complexity index is 3100. The number of hydrogen-bond donors (Lipinski definition) is 0. The van der Waals surface area contributed by atoms with Gasteiger partial charge in [0.05, 0.1) is 50.2 Å². The molecule has 0 fully saturated rings. The zero-order valence-corrected chi connectivity index (χ0v) is 30.7. The molecular weight excluding hydrogens is 699 g/mol. The van der Waals surface area contributed by atoms with Crippen molar-refractivity contribution in [2.24, 2.45) is 0 Å². The molecule has 57 heavy (non-hydrogen) atoms. The molecule has 268 valence electrons. The predicted molar refractivity (Wildman–Crippen MR) is 230 cm³/mol. The van der Waals surface area contributed by atoms with Gasteiger partial charge in [-0.05, 0) is 78.4 Å². The minimum atomic E-state index is 0.834. The maximum atomic E-state index is 5.23. The third kappa shape index (κ3) is 5.52. The zero-order valence-electron chi connectivity index (χ0n) is 30.7. The summed E-state index contributed by atoms with van der Waals surface area (Å²) < 4.78 is 6.85. The van der Waals surface area contributed by atoms with Gasteiger partial charge in [0.2, 0.25) is 0 Å². The van der Waals surface area contributed by atoms with Gasteiger partial charge < -0.3 is 0 Å². The molecule has 0 atom stereocenters. The summed E-state index contributed by atoms with van der Waals surface area (Å²) in [7, 11) is 0. The van der Waals surface area contributed by atoms with E-state index in [1.807, 2.05) is 54.9 Å². The quantitative estimate of drug-likeness (QED) is 0.164. The Balaban J connectivity index is 1.24. The minimum Gasteiger partial charge on any atom is -0.292 e. The molecule has 0 unspecified atom stereocenters. The Morgan fingerprint density at radius 1 is 0.316 bits per heavy atom. The van der Waals surface area contributed by atoms with Crippen molar-refractivity contribution < 1.29 is 0 Å². The van der Waals surface area contributed by atoms with Gasteiger partial charge in [0.15, 0.2) is 0 Å². The highest BCUT2D eigenvalue weighted by Crippen LogP contribution is 2.39. The van der Waals surface area contributed by atoms with Gasteiger partial charge in [-0.15, -0.1) is 0 Å². The molecule has 0 spiro atoms. The SMILES string of the molecule is c1ccc(-c2nc3ccccc3n2-c2cc(-c3ccccc3-n3c(-c4ccccc4)nc4ccccc43)cc(-n3c(-c4ccncc4)nc4ccccc43)c2)cc1. The van der Waals surface area contributed by atoms with Crippen LogP contribution in [0.1, 0.15) is 0 Å². The standard InChI is InChI=1S/C50H33N7/c1-3-15-34(16-4-1)48-52-41-20-8-12-24-45(41)55(48)38-31-37(32-39(33-38)56-46-25-13-9-21-42(46)53-49(56)36-27-29-51-30-28-36)40-19-7-11-23-44(40)57-47-26-14-10-22-43(47)54-50(57)35-17-5-2-6-18-35/h1-33H. The van der Waals surface area contributed by atoms with Crippen LogP contribution < -0.4 is 0 Å². The molecule has 0 amide bonds. The van der Waals surface area contributed by atoms with E-state index in [9.17, 15) is 0 Å². The molecule has 0 saturated carbocycles. The van der Waals surface area contributed by atoms with Gasteiger partial charge in [0.25, 0.3) is 0 Å². The Morgan fingerprint density at radius 2 is 0.719 bits per heavy atom. The van der Waals surface area contributed by atoms with Crippen molar-refractivity contribution in [3.8, 4) is 62.4 Å². The average Bonchev–Trinajstić information content (AvgIpc) is 3.99. The van der Waals surface area contributed by atoms with Crippen LogP contribution >= 0.6 is 0 Å². The summed E-state index contributed by atoms with van der Waals surface area (Å²) in [5.74, 6) is 2.58. The van der Waals surface area contributed by atoms with E-state index in [4.69, 9.17) is 15.0 Å². The Morgan fingerprint density at radius 3 is 1.25 bits per heavy atom. The Labute approximate surface area is 328 Å². The number of benzene rings is 7. The smallest absolute Gasteiger partial charge is 0.145 e. The molecule has 0 bridgehead atoms. The molecule has 0 aliphatic heterocycles. The molecule has 0 N–H and O–H groups in total. The summed E-state index contributed by atoms with van der Waals surface area (Å²) in [4.78, 5) is 20.0. The number of imidazole rings is 3. The highest BCUT2D eigenvalue weighted by atomic mass is 15.1. The van der Waals surface area contributed by atoms with Crippen LogP contribution in [0.25, 0.3) is 95.5 Å². The fraction of sp³-hybridized carbons (Fsp3) is 0. The molecule has 0 saturated heterocycles. The fourth-order valence-electron chi connectivity index (χ4n) is 8.02.